The van der Waals surface area contributed by atoms with Gasteiger partial charge in [0, 0.05) is 11.3 Å². The van der Waals surface area contributed by atoms with Crippen LogP contribution < -0.4 is 20.5 Å². The molecule has 2 aromatic rings. The molecule has 24 heavy (non-hydrogen) atoms. The number of carbonyl (C=O) groups excluding carboxylic acids is 2. The zero-order valence-corrected chi connectivity index (χ0v) is 13.9. The summed E-state index contributed by atoms with van der Waals surface area (Å²) in [5, 5.41) is 4.30. The molecule has 1 saturated heterocycles. The normalized spacial score (nSPS) is 23.3. The summed E-state index contributed by atoms with van der Waals surface area (Å²) in [5.74, 6) is -1.12. The van der Waals surface area contributed by atoms with Gasteiger partial charge in [-0.1, -0.05) is 6.92 Å². The van der Waals surface area contributed by atoms with Crippen molar-refractivity contribution < 1.29 is 23.5 Å². The molecule has 0 aromatic carbocycles. The minimum atomic E-state index is -1.52. The lowest BCUT2D eigenvalue weighted by Gasteiger charge is -2.15. The van der Waals surface area contributed by atoms with Gasteiger partial charge in [-0.15, -0.1) is 11.3 Å². The zero-order valence-electron chi connectivity index (χ0n) is 13.0. The van der Waals surface area contributed by atoms with Gasteiger partial charge in [0.2, 0.25) is 5.88 Å². The van der Waals surface area contributed by atoms with Crippen molar-refractivity contribution in [2.75, 3.05) is 13.7 Å². The number of nitrogens with one attached hydrogen (secondary N) is 1. The van der Waals surface area contributed by atoms with E-state index in [-0.39, 0.29) is 18.1 Å². The minimum absolute atomic E-state index is 0.115. The van der Waals surface area contributed by atoms with Crippen molar-refractivity contribution in [2.24, 2.45) is 11.7 Å². The van der Waals surface area contributed by atoms with Gasteiger partial charge in [-0.2, -0.15) is 0 Å². The Balaban J connectivity index is 1.83. The first-order valence-electron chi connectivity index (χ1n) is 7.25. The third-order valence-electron chi connectivity index (χ3n) is 4.03. The average molecular weight is 353 g/mol. The second-order valence-electron chi connectivity index (χ2n) is 5.54. The number of amides is 2. The summed E-state index contributed by atoms with van der Waals surface area (Å²) in [6.07, 6.45) is -1.52. The van der Waals surface area contributed by atoms with Gasteiger partial charge in [-0.3, -0.25) is 9.59 Å². The highest BCUT2D eigenvalue weighted by atomic mass is 32.1. The predicted molar refractivity (Wildman–Crippen MR) is 86.2 cm³/mol. The summed E-state index contributed by atoms with van der Waals surface area (Å²) >= 11 is 1.34. The number of ether oxygens (including phenoxy) is 2. The van der Waals surface area contributed by atoms with E-state index in [0.717, 1.165) is 0 Å². The molecule has 1 aliphatic heterocycles. The Hall–Kier alpha value is -2.42. The molecule has 0 spiro atoms. The van der Waals surface area contributed by atoms with E-state index in [1.807, 2.05) is 0 Å². The molecule has 1 aliphatic rings. The van der Waals surface area contributed by atoms with Gasteiger partial charge in [0.15, 0.2) is 11.9 Å². The molecule has 0 unspecified atom stereocenters. The summed E-state index contributed by atoms with van der Waals surface area (Å²) < 4.78 is 25.1. The highest BCUT2D eigenvalue weighted by molar-refractivity contribution is 7.17. The molecule has 9 heteroatoms. The molecule has 2 amide bonds. The number of nitrogens with zero attached hydrogens (tertiary/aromatic N) is 1. The van der Waals surface area contributed by atoms with Crippen LogP contribution >= 0.6 is 11.3 Å². The van der Waals surface area contributed by atoms with E-state index < -0.39 is 29.9 Å². The zero-order chi connectivity index (χ0) is 17.4. The molecule has 7 nitrogen and oxygen atoms in total. The van der Waals surface area contributed by atoms with Gasteiger partial charge >= 0.3 is 0 Å². The number of rotatable bonds is 5. The largest absolute Gasteiger partial charge is 0.488 e. The summed E-state index contributed by atoms with van der Waals surface area (Å²) in [4.78, 5) is 27.0. The number of nitrogens with two attached hydrogens (primary N) is 1. The topological polar surface area (TPSA) is 104 Å². The lowest BCUT2D eigenvalue weighted by Crippen LogP contribution is -2.34. The molecule has 3 rings (SSSR count). The fraction of sp³-hybridized carbons (Fsp3) is 0.400. The van der Waals surface area contributed by atoms with Crippen molar-refractivity contribution in [1.82, 2.24) is 10.3 Å². The van der Waals surface area contributed by atoms with E-state index in [1.54, 1.807) is 18.4 Å². The molecule has 0 radical (unpaired) electrons. The van der Waals surface area contributed by atoms with Crippen LogP contribution in [-0.4, -0.2) is 42.7 Å². The van der Waals surface area contributed by atoms with Crippen LogP contribution in [0.5, 0.6) is 11.6 Å². The number of carbonyl (C=O) groups is 2. The number of pyridine rings is 1. The Kier molecular flexibility index (Phi) is 4.27. The van der Waals surface area contributed by atoms with E-state index in [4.69, 9.17) is 15.2 Å². The highest BCUT2D eigenvalue weighted by Gasteiger charge is 2.40. The number of hydrogen-bond acceptors (Lipinski definition) is 6. The lowest BCUT2D eigenvalue weighted by molar-refractivity contribution is -0.123. The third kappa shape index (κ3) is 2.75. The Morgan fingerprint density at radius 2 is 2.29 bits per heavy atom. The monoisotopic (exact) mass is 353 g/mol. The molecule has 0 bridgehead atoms. The first-order chi connectivity index (χ1) is 11.4. The van der Waals surface area contributed by atoms with E-state index in [1.165, 1.54) is 18.4 Å². The van der Waals surface area contributed by atoms with Crippen molar-refractivity contribution >= 4 is 33.4 Å². The SMILES string of the molecule is COc1nc2c(OC[C@H]3NC(=O)[C@@H](F)[C@H]3C)csc2cc1C(N)=O. The van der Waals surface area contributed by atoms with Crippen LogP contribution in [0, 0.1) is 5.92 Å². The molecular formula is C15H16FN3O4S. The molecule has 0 aliphatic carbocycles. The van der Waals surface area contributed by atoms with Crippen LogP contribution in [0.25, 0.3) is 10.2 Å². The first kappa shape index (κ1) is 16.4. The fourth-order valence-electron chi connectivity index (χ4n) is 2.56. The summed E-state index contributed by atoms with van der Waals surface area (Å²) in [5.41, 5.74) is 6.02. The summed E-state index contributed by atoms with van der Waals surface area (Å²) in [6.45, 7) is 1.78. The maximum atomic E-state index is 13.6. The molecule has 3 N–H and O–H groups in total. The first-order valence-corrected chi connectivity index (χ1v) is 8.13. The standard InChI is InChI=1S/C15H16FN3O4S/c1-6-8(18-14(21)11(6)16)4-23-9-5-24-10-3-7(13(17)20)15(22-2)19-12(9)10/h3,5-6,8,11H,4H2,1-2H3,(H2,17,20)(H,18,21)/t6-,8+,11-/m0/s1. The number of halogens is 1. The fourth-order valence-corrected chi connectivity index (χ4v) is 3.42. The Morgan fingerprint density at radius 3 is 2.88 bits per heavy atom. The number of methoxy groups -OCH3 is 1. The smallest absolute Gasteiger partial charge is 0.255 e. The van der Waals surface area contributed by atoms with Gasteiger partial charge in [-0.25, -0.2) is 9.37 Å². The Labute approximate surface area is 140 Å². The lowest BCUT2D eigenvalue weighted by atomic mass is 10.0. The average Bonchev–Trinajstić information content (AvgIpc) is 3.07. The van der Waals surface area contributed by atoms with Crippen LogP contribution in [0.15, 0.2) is 11.4 Å². The van der Waals surface area contributed by atoms with Crippen molar-refractivity contribution in [3.05, 3.63) is 17.0 Å². The van der Waals surface area contributed by atoms with Gasteiger partial charge < -0.3 is 20.5 Å². The molecule has 128 valence electrons. The second kappa shape index (κ2) is 6.23. The molecular weight excluding hydrogens is 337 g/mol. The number of thiophene rings is 1. The molecule has 2 aromatic heterocycles. The second-order valence-corrected chi connectivity index (χ2v) is 6.45. The van der Waals surface area contributed by atoms with Crippen molar-refractivity contribution in [2.45, 2.75) is 19.1 Å². The maximum absolute atomic E-state index is 13.6. The van der Waals surface area contributed by atoms with Gasteiger partial charge in [0.05, 0.1) is 17.9 Å². The van der Waals surface area contributed by atoms with Gasteiger partial charge in [0.1, 0.15) is 17.7 Å². The van der Waals surface area contributed by atoms with Crippen molar-refractivity contribution in [3.63, 3.8) is 0 Å². The molecule has 3 heterocycles. The van der Waals surface area contributed by atoms with Crippen LogP contribution in [0.2, 0.25) is 0 Å². The number of hydrogen-bond donors (Lipinski definition) is 2. The molecule has 3 atom stereocenters. The van der Waals surface area contributed by atoms with E-state index in [2.05, 4.69) is 10.3 Å². The molecule has 1 fully saturated rings. The van der Waals surface area contributed by atoms with E-state index in [9.17, 15) is 14.0 Å². The minimum Gasteiger partial charge on any atom is -0.488 e. The van der Waals surface area contributed by atoms with Crippen LogP contribution in [0.4, 0.5) is 4.39 Å². The molecule has 0 saturated carbocycles. The third-order valence-corrected chi connectivity index (χ3v) is 4.93. The van der Waals surface area contributed by atoms with Crippen LogP contribution in [0.1, 0.15) is 17.3 Å². The van der Waals surface area contributed by atoms with Gasteiger partial charge in [0.25, 0.3) is 11.8 Å². The van der Waals surface area contributed by atoms with Crippen molar-refractivity contribution in [1.29, 1.82) is 0 Å². The number of fused-ring (bicyclic) bond motifs is 1. The van der Waals surface area contributed by atoms with Crippen LogP contribution in [0.3, 0.4) is 0 Å². The van der Waals surface area contributed by atoms with E-state index >= 15 is 0 Å². The van der Waals surface area contributed by atoms with Crippen molar-refractivity contribution in [3.8, 4) is 11.6 Å². The Bertz CT molecular complexity index is 809. The number of primary amides is 1. The maximum Gasteiger partial charge on any atom is 0.255 e. The Morgan fingerprint density at radius 1 is 1.54 bits per heavy atom. The predicted octanol–water partition coefficient (Wildman–Crippen LogP) is 1.26. The highest BCUT2D eigenvalue weighted by Crippen LogP contribution is 2.34. The quantitative estimate of drug-likeness (QED) is 0.842. The number of alkyl halides is 1. The van der Waals surface area contributed by atoms with Gasteiger partial charge in [-0.05, 0) is 6.07 Å². The number of aromatic nitrogens is 1. The van der Waals surface area contributed by atoms with E-state index in [0.29, 0.717) is 16.0 Å². The summed E-state index contributed by atoms with van der Waals surface area (Å²) in [6, 6.07) is 1.19. The van der Waals surface area contributed by atoms with Crippen LogP contribution in [-0.2, 0) is 4.79 Å². The summed E-state index contributed by atoms with van der Waals surface area (Å²) in [7, 11) is 1.39.